The van der Waals surface area contributed by atoms with Crippen LogP contribution in [0.4, 0.5) is 16.2 Å². The standard InChI is InChI=1S/C22H26N4O3S/c27-20(16-6-4-12-26(15-16)22(29)25-10-1-2-11-25)23-17-7-3-8-18(14-17)24-21(28)19-9-5-13-30-19/h3,5,7-9,13-14,16H,1-2,4,6,10-12,15H2,(H,23,27)(H,24,28)/t16-/m1/s1. The average molecular weight is 427 g/mol. The Balaban J connectivity index is 1.35. The maximum atomic E-state index is 12.8. The van der Waals surface area contributed by atoms with Crippen LogP contribution in [0.25, 0.3) is 0 Å². The molecule has 2 aromatic rings. The molecule has 0 saturated carbocycles. The van der Waals surface area contributed by atoms with Crippen LogP contribution in [-0.4, -0.2) is 53.8 Å². The maximum absolute atomic E-state index is 12.8. The predicted molar refractivity (Wildman–Crippen MR) is 118 cm³/mol. The van der Waals surface area contributed by atoms with Crippen LogP contribution in [0.15, 0.2) is 41.8 Å². The summed E-state index contributed by atoms with van der Waals surface area (Å²) in [6, 6.07) is 10.8. The normalized spacial score (nSPS) is 18.9. The Morgan fingerprint density at radius 3 is 2.37 bits per heavy atom. The van der Waals surface area contributed by atoms with Gasteiger partial charge in [-0.05, 0) is 55.3 Å². The lowest BCUT2D eigenvalue weighted by Gasteiger charge is -2.34. The molecule has 0 aliphatic carbocycles. The van der Waals surface area contributed by atoms with Gasteiger partial charge in [0.25, 0.3) is 5.91 Å². The highest BCUT2D eigenvalue weighted by Gasteiger charge is 2.31. The third-order valence-electron chi connectivity index (χ3n) is 5.57. The van der Waals surface area contributed by atoms with E-state index in [0.717, 1.165) is 38.8 Å². The third-order valence-corrected chi connectivity index (χ3v) is 6.44. The summed E-state index contributed by atoms with van der Waals surface area (Å²) in [7, 11) is 0. The van der Waals surface area contributed by atoms with Crippen LogP contribution >= 0.6 is 11.3 Å². The van der Waals surface area contributed by atoms with Crippen molar-refractivity contribution in [3.8, 4) is 0 Å². The molecule has 4 amide bonds. The van der Waals surface area contributed by atoms with Gasteiger partial charge in [0.1, 0.15) is 0 Å². The number of hydrogen-bond donors (Lipinski definition) is 2. The van der Waals surface area contributed by atoms with E-state index < -0.39 is 0 Å². The van der Waals surface area contributed by atoms with Crippen LogP contribution in [-0.2, 0) is 4.79 Å². The highest BCUT2D eigenvalue weighted by atomic mass is 32.1. The fraction of sp³-hybridized carbons (Fsp3) is 0.409. The lowest BCUT2D eigenvalue weighted by Crippen LogP contribution is -2.48. The molecule has 0 radical (unpaired) electrons. The number of rotatable bonds is 4. The van der Waals surface area contributed by atoms with Crippen molar-refractivity contribution >= 4 is 40.6 Å². The molecule has 1 aromatic carbocycles. The average Bonchev–Trinajstić information content (AvgIpc) is 3.48. The van der Waals surface area contributed by atoms with Gasteiger partial charge >= 0.3 is 6.03 Å². The van der Waals surface area contributed by atoms with E-state index in [0.29, 0.717) is 29.3 Å². The second-order valence-electron chi connectivity index (χ2n) is 7.76. The van der Waals surface area contributed by atoms with E-state index >= 15 is 0 Å². The maximum Gasteiger partial charge on any atom is 0.320 e. The first-order valence-electron chi connectivity index (χ1n) is 10.4. The summed E-state index contributed by atoms with van der Waals surface area (Å²) in [6.07, 6.45) is 3.71. The van der Waals surface area contributed by atoms with Gasteiger partial charge in [0.05, 0.1) is 10.8 Å². The van der Waals surface area contributed by atoms with Crippen molar-refractivity contribution in [2.24, 2.45) is 5.92 Å². The Bertz CT molecular complexity index is 909. The Labute approximate surface area is 180 Å². The van der Waals surface area contributed by atoms with E-state index in [4.69, 9.17) is 0 Å². The monoisotopic (exact) mass is 426 g/mol. The van der Waals surface area contributed by atoms with Crippen molar-refractivity contribution in [2.75, 3.05) is 36.8 Å². The van der Waals surface area contributed by atoms with Gasteiger partial charge in [-0.1, -0.05) is 12.1 Å². The zero-order valence-electron chi connectivity index (χ0n) is 16.8. The molecular formula is C22H26N4O3S. The minimum atomic E-state index is -0.227. The largest absolute Gasteiger partial charge is 0.326 e. The van der Waals surface area contributed by atoms with Gasteiger partial charge in [-0.2, -0.15) is 0 Å². The second-order valence-corrected chi connectivity index (χ2v) is 8.71. The van der Waals surface area contributed by atoms with Gasteiger partial charge < -0.3 is 20.4 Å². The number of thiophene rings is 1. The van der Waals surface area contributed by atoms with Crippen LogP contribution in [0.5, 0.6) is 0 Å². The zero-order valence-corrected chi connectivity index (χ0v) is 17.6. The first-order valence-corrected chi connectivity index (χ1v) is 11.3. The minimum Gasteiger partial charge on any atom is -0.326 e. The number of likely N-dealkylation sites (tertiary alicyclic amines) is 2. The molecule has 0 spiro atoms. The van der Waals surface area contributed by atoms with E-state index in [2.05, 4.69) is 10.6 Å². The number of carbonyl (C=O) groups excluding carboxylic acids is 3. The topological polar surface area (TPSA) is 81.8 Å². The summed E-state index contributed by atoms with van der Waals surface area (Å²) in [6.45, 7) is 2.80. The van der Waals surface area contributed by atoms with E-state index in [-0.39, 0.29) is 23.8 Å². The van der Waals surface area contributed by atoms with Gasteiger partial charge in [0.2, 0.25) is 5.91 Å². The van der Waals surface area contributed by atoms with Crippen LogP contribution in [0.2, 0.25) is 0 Å². The Morgan fingerprint density at radius 1 is 0.900 bits per heavy atom. The molecule has 1 atom stereocenters. The Kier molecular flexibility index (Phi) is 6.32. The number of nitrogens with zero attached hydrogens (tertiary/aromatic N) is 2. The predicted octanol–water partition coefficient (Wildman–Crippen LogP) is 3.87. The number of urea groups is 1. The fourth-order valence-electron chi connectivity index (χ4n) is 3.99. The molecule has 8 heteroatoms. The summed E-state index contributed by atoms with van der Waals surface area (Å²) >= 11 is 1.38. The molecule has 7 nitrogen and oxygen atoms in total. The summed E-state index contributed by atoms with van der Waals surface area (Å²) in [4.78, 5) is 42.1. The molecule has 1 aromatic heterocycles. The van der Waals surface area contributed by atoms with Crippen molar-refractivity contribution in [1.29, 1.82) is 0 Å². The molecule has 0 bridgehead atoms. The summed E-state index contributed by atoms with van der Waals surface area (Å²) < 4.78 is 0. The van der Waals surface area contributed by atoms with Crippen LogP contribution in [0.1, 0.15) is 35.4 Å². The third kappa shape index (κ3) is 4.81. The molecular weight excluding hydrogens is 400 g/mol. The first-order chi connectivity index (χ1) is 14.6. The molecule has 0 unspecified atom stereocenters. The number of carbonyl (C=O) groups is 3. The molecule has 2 N–H and O–H groups in total. The van der Waals surface area contributed by atoms with Gasteiger partial charge in [0.15, 0.2) is 0 Å². The fourth-order valence-corrected chi connectivity index (χ4v) is 4.61. The highest BCUT2D eigenvalue weighted by molar-refractivity contribution is 7.12. The molecule has 2 aliphatic rings. The number of amides is 4. The minimum absolute atomic E-state index is 0.0586. The SMILES string of the molecule is O=C(Nc1cccc(NC(=O)[C@@H]2CCCN(C(=O)N3CCCC3)C2)c1)c1cccs1. The summed E-state index contributed by atoms with van der Waals surface area (Å²) in [5, 5.41) is 7.66. The number of anilines is 2. The van der Waals surface area contributed by atoms with E-state index in [1.54, 1.807) is 30.3 Å². The zero-order chi connectivity index (χ0) is 20.9. The molecule has 3 heterocycles. The number of nitrogens with one attached hydrogen (secondary N) is 2. The van der Waals surface area contributed by atoms with Crippen LogP contribution in [0.3, 0.4) is 0 Å². The highest BCUT2D eigenvalue weighted by Crippen LogP contribution is 2.23. The molecule has 158 valence electrons. The van der Waals surface area contributed by atoms with Crippen molar-refractivity contribution in [3.63, 3.8) is 0 Å². The summed E-state index contributed by atoms with van der Waals surface area (Å²) in [5.41, 5.74) is 1.26. The Morgan fingerprint density at radius 2 is 1.63 bits per heavy atom. The van der Waals surface area contributed by atoms with Crippen LogP contribution < -0.4 is 10.6 Å². The first kappa shape index (κ1) is 20.4. The van der Waals surface area contributed by atoms with Crippen LogP contribution in [0, 0.1) is 5.92 Å². The van der Waals surface area contributed by atoms with Gasteiger partial charge in [0, 0.05) is 37.6 Å². The van der Waals surface area contributed by atoms with Crippen molar-refractivity contribution in [3.05, 3.63) is 46.7 Å². The quantitative estimate of drug-likeness (QED) is 0.779. The second kappa shape index (κ2) is 9.30. The van der Waals surface area contributed by atoms with Crippen molar-refractivity contribution in [1.82, 2.24) is 9.80 Å². The molecule has 2 saturated heterocycles. The lowest BCUT2D eigenvalue weighted by atomic mass is 9.97. The number of benzene rings is 1. The molecule has 2 aliphatic heterocycles. The molecule has 2 fully saturated rings. The lowest BCUT2D eigenvalue weighted by molar-refractivity contribution is -0.121. The number of hydrogen-bond acceptors (Lipinski definition) is 4. The van der Waals surface area contributed by atoms with E-state index in [9.17, 15) is 14.4 Å². The van der Waals surface area contributed by atoms with Crippen molar-refractivity contribution < 1.29 is 14.4 Å². The van der Waals surface area contributed by atoms with E-state index in [1.807, 2.05) is 21.2 Å². The van der Waals surface area contributed by atoms with Crippen molar-refractivity contribution in [2.45, 2.75) is 25.7 Å². The van der Waals surface area contributed by atoms with Gasteiger partial charge in [-0.3, -0.25) is 9.59 Å². The van der Waals surface area contributed by atoms with Gasteiger partial charge in [-0.25, -0.2) is 4.79 Å². The summed E-state index contributed by atoms with van der Waals surface area (Å²) in [5.74, 6) is -0.484. The number of piperidine rings is 1. The molecule has 4 rings (SSSR count). The van der Waals surface area contributed by atoms with Gasteiger partial charge in [-0.15, -0.1) is 11.3 Å². The van der Waals surface area contributed by atoms with E-state index in [1.165, 1.54) is 11.3 Å². The Hall–Kier alpha value is -2.87. The smallest absolute Gasteiger partial charge is 0.320 e. The molecule has 30 heavy (non-hydrogen) atoms.